The lowest BCUT2D eigenvalue weighted by molar-refractivity contribution is 0.103. The zero-order chi connectivity index (χ0) is 14.8. The molecule has 1 saturated heterocycles. The smallest absolute Gasteiger partial charge is 0.269 e. The van der Waals surface area contributed by atoms with Crippen LogP contribution in [-0.2, 0) is 0 Å². The second-order valence-corrected chi connectivity index (χ2v) is 6.98. The van der Waals surface area contributed by atoms with Gasteiger partial charge in [0.05, 0.1) is 5.69 Å². The Morgan fingerprint density at radius 3 is 2.76 bits per heavy atom. The maximum absolute atomic E-state index is 12.4. The first kappa shape index (κ1) is 14.6. The Labute approximate surface area is 140 Å². The van der Waals surface area contributed by atoms with E-state index in [0.29, 0.717) is 10.7 Å². The molecule has 3 N–H and O–H groups in total. The number of nitrogen functional groups attached to an aromatic ring is 1. The number of nitrogens with two attached hydrogens (primary N) is 1. The van der Waals surface area contributed by atoms with E-state index in [1.54, 1.807) is 0 Å². The molecule has 2 aromatic rings. The van der Waals surface area contributed by atoms with E-state index in [4.69, 9.17) is 5.73 Å². The van der Waals surface area contributed by atoms with Gasteiger partial charge in [0.15, 0.2) is 5.13 Å². The first-order valence-corrected chi connectivity index (χ1v) is 8.62. The van der Waals surface area contributed by atoms with Crippen molar-refractivity contribution >= 4 is 56.5 Å². The molecular weight excluding hydrogens is 399 g/mol. The minimum absolute atomic E-state index is 0.195. The Morgan fingerprint density at radius 1 is 1.33 bits per heavy atom. The number of carbonyl (C=O) groups excluding carboxylic acids is 1. The third-order valence-corrected chi connectivity index (χ3v) is 5.42. The molecule has 5 nitrogen and oxygen atoms in total. The number of carbonyl (C=O) groups is 1. The Bertz CT molecular complexity index is 667. The molecule has 2 heterocycles. The SMILES string of the molecule is Nc1nc(N2CCCC2)sc1C(=O)Nc1ccccc1I. The number of amides is 1. The highest BCUT2D eigenvalue weighted by molar-refractivity contribution is 14.1. The number of aromatic nitrogens is 1. The Kier molecular flexibility index (Phi) is 4.29. The first-order valence-electron chi connectivity index (χ1n) is 6.72. The van der Waals surface area contributed by atoms with Gasteiger partial charge < -0.3 is 16.0 Å². The summed E-state index contributed by atoms with van der Waals surface area (Å²) in [4.78, 5) is 19.4. The van der Waals surface area contributed by atoms with E-state index in [2.05, 4.69) is 37.8 Å². The molecule has 1 amide bonds. The molecule has 0 bridgehead atoms. The van der Waals surface area contributed by atoms with Crippen molar-refractivity contribution < 1.29 is 4.79 Å². The molecule has 0 atom stereocenters. The highest BCUT2D eigenvalue weighted by Gasteiger charge is 2.21. The molecule has 0 radical (unpaired) electrons. The number of halogens is 1. The fourth-order valence-corrected chi connectivity index (χ4v) is 3.72. The van der Waals surface area contributed by atoms with Crippen molar-refractivity contribution in [3.63, 3.8) is 0 Å². The number of thiazole rings is 1. The van der Waals surface area contributed by atoms with Crippen molar-refractivity contribution in [2.45, 2.75) is 12.8 Å². The predicted octanol–water partition coefficient (Wildman–Crippen LogP) is 3.18. The van der Waals surface area contributed by atoms with Crippen molar-refractivity contribution in [1.82, 2.24) is 4.98 Å². The van der Waals surface area contributed by atoms with Crippen LogP contribution in [-0.4, -0.2) is 24.0 Å². The molecular formula is C14H15IN4OS. The van der Waals surface area contributed by atoms with Crippen molar-refractivity contribution in [3.8, 4) is 0 Å². The molecule has 0 unspecified atom stereocenters. The molecule has 1 aromatic heterocycles. The number of nitrogens with one attached hydrogen (secondary N) is 1. The minimum atomic E-state index is -0.195. The maximum atomic E-state index is 12.4. The van der Waals surface area contributed by atoms with Gasteiger partial charge in [-0.25, -0.2) is 4.98 Å². The van der Waals surface area contributed by atoms with Gasteiger partial charge in [-0.2, -0.15) is 0 Å². The van der Waals surface area contributed by atoms with Gasteiger partial charge in [-0.15, -0.1) is 0 Å². The molecule has 1 fully saturated rings. The highest BCUT2D eigenvalue weighted by atomic mass is 127. The molecule has 3 rings (SSSR count). The average molecular weight is 414 g/mol. The average Bonchev–Trinajstić information content (AvgIpc) is 3.10. The van der Waals surface area contributed by atoms with Crippen LogP contribution >= 0.6 is 33.9 Å². The third-order valence-electron chi connectivity index (χ3n) is 3.35. The maximum Gasteiger partial charge on any atom is 0.269 e. The fraction of sp³-hybridized carbons (Fsp3) is 0.286. The van der Waals surface area contributed by atoms with E-state index in [1.807, 2.05) is 24.3 Å². The normalized spacial score (nSPS) is 14.4. The van der Waals surface area contributed by atoms with Gasteiger partial charge in [0.1, 0.15) is 10.7 Å². The van der Waals surface area contributed by atoms with Crippen molar-refractivity contribution in [2.75, 3.05) is 29.0 Å². The monoisotopic (exact) mass is 414 g/mol. The Balaban J connectivity index is 1.80. The first-order chi connectivity index (χ1) is 10.1. The predicted molar refractivity (Wildman–Crippen MR) is 95.1 cm³/mol. The lowest BCUT2D eigenvalue weighted by atomic mass is 10.3. The molecule has 1 aromatic carbocycles. The van der Waals surface area contributed by atoms with Crippen molar-refractivity contribution in [1.29, 1.82) is 0 Å². The quantitative estimate of drug-likeness (QED) is 0.757. The van der Waals surface area contributed by atoms with E-state index < -0.39 is 0 Å². The summed E-state index contributed by atoms with van der Waals surface area (Å²) in [5, 5.41) is 3.74. The zero-order valence-corrected chi connectivity index (χ0v) is 14.3. The van der Waals surface area contributed by atoms with E-state index in [1.165, 1.54) is 24.2 Å². The summed E-state index contributed by atoms with van der Waals surface area (Å²) in [5.41, 5.74) is 6.70. The highest BCUT2D eigenvalue weighted by Crippen LogP contribution is 2.31. The van der Waals surface area contributed by atoms with Gasteiger partial charge in [-0.3, -0.25) is 4.79 Å². The fourth-order valence-electron chi connectivity index (χ4n) is 2.27. The van der Waals surface area contributed by atoms with Crippen LogP contribution in [0.5, 0.6) is 0 Å². The summed E-state index contributed by atoms with van der Waals surface area (Å²) in [6.45, 7) is 1.98. The van der Waals surface area contributed by atoms with E-state index in [0.717, 1.165) is 27.5 Å². The lowest BCUT2D eigenvalue weighted by Crippen LogP contribution is -2.17. The van der Waals surface area contributed by atoms with Crippen LogP contribution < -0.4 is 16.0 Å². The number of hydrogen-bond acceptors (Lipinski definition) is 5. The van der Waals surface area contributed by atoms with Gasteiger partial charge in [-0.05, 0) is 47.6 Å². The van der Waals surface area contributed by atoms with Gasteiger partial charge in [0, 0.05) is 16.7 Å². The minimum Gasteiger partial charge on any atom is -0.382 e. The van der Waals surface area contributed by atoms with Crippen molar-refractivity contribution in [2.24, 2.45) is 0 Å². The van der Waals surface area contributed by atoms with E-state index in [-0.39, 0.29) is 5.91 Å². The number of rotatable bonds is 3. The third kappa shape index (κ3) is 3.13. The summed E-state index contributed by atoms with van der Waals surface area (Å²) in [6, 6.07) is 7.65. The van der Waals surface area contributed by atoms with Crippen molar-refractivity contribution in [3.05, 3.63) is 32.7 Å². The van der Waals surface area contributed by atoms with E-state index in [9.17, 15) is 4.79 Å². The van der Waals surface area contributed by atoms with Gasteiger partial charge in [0.25, 0.3) is 5.91 Å². The van der Waals surface area contributed by atoms with E-state index >= 15 is 0 Å². The van der Waals surface area contributed by atoms with Crippen LogP contribution in [0.25, 0.3) is 0 Å². The van der Waals surface area contributed by atoms with Gasteiger partial charge in [-0.1, -0.05) is 23.5 Å². The van der Waals surface area contributed by atoms with Crippen LogP contribution in [0.15, 0.2) is 24.3 Å². The molecule has 0 aliphatic carbocycles. The molecule has 0 saturated carbocycles. The topological polar surface area (TPSA) is 71.2 Å². The number of nitrogens with zero attached hydrogens (tertiary/aromatic N) is 2. The second kappa shape index (κ2) is 6.18. The number of hydrogen-bond donors (Lipinski definition) is 2. The summed E-state index contributed by atoms with van der Waals surface area (Å²) in [5.74, 6) is 0.116. The largest absolute Gasteiger partial charge is 0.382 e. The summed E-state index contributed by atoms with van der Waals surface area (Å²) >= 11 is 3.56. The van der Waals surface area contributed by atoms with Gasteiger partial charge >= 0.3 is 0 Å². The molecule has 110 valence electrons. The zero-order valence-electron chi connectivity index (χ0n) is 11.3. The number of benzene rings is 1. The van der Waals surface area contributed by atoms with Crippen LogP contribution in [0.1, 0.15) is 22.5 Å². The molecule has 21 heavy (non-hydrogen) atoms. The van der Waals surface area contributed by atoms with Crippen LogP contribution in [0.2, 0.25) is 0 Å². The standard InChI is InChI=1S/C14H15IN4OS/c15-9-5-1-2-6-10(9)17-13(20)11-12(16)18-14(21-11)19-7-3-4-8-19/h1-2,5-6H,3-4,7-8,16H2,(H,17,20). The Morgan fingerprint density at radius 2 is 2.05 bits per heavy atom. The van der Waals surface area contributed by atoms with Crippen LogP contribution in [0.3, 0.4) is 0 Å². The summed E-state index contributed by atoms with van der Waals surface area (Å²) < 4.78 is 0.992. The Hall–Kier alpha value is -1.35. The molecule has 1 aliphatic rings. The van der Waals surface area contributed by atoms with Crippen LogP contribution in [0.4, 0.5) is 16.6 Å². The molecule has 0 spiro atoms. The summed E-state index contributed by atoms with van der Waals surface area (Å²) in [6.07, 6.45) is 2.34. The molecule has 7 heteroatoms. The second-order valence-electron chi connectivity index (χ2n) is 4.84. The lowest BCUT2D eigenvalue weighted by Gasteiger charge is -2.11. The van der Waals surface area contributed by atoms with Gasteiger partial charge in [0.2, 0.25) is 0 Å². The van der Waals surface area contributed by atoms with Crippen LogP contribution in [0, 0.1) is 3.57 Å². The number of anilines is 3. The number of para-hydroxylation sites is 1. The summed E-state index contributed by atoms with van der Waals surface area (Å²) in [7, 11) is 0. The molecule has 1 aliphatic heterocycles.